The van der Waals surface area contributed by atoms with Crippen LogP contribution in [-0.4, -0.2) is 17.4 Å². The molecule has 0 N–H and O–H groups in total. The Balaban J connectivity index is 0. The molecule has 0 spiro atoms. The minimum Gasteiger partial charge on any atom is -1.00 e. The molecule has 0 fully saturated rings. The van der Waals surface area contributed by atoms with Crippen molar-refractivity contribution in [3.8, 4) is 0 Å². The van der Waals surface area contributed by atoms with Crippen LogP contribution >= 0.6 is 12.4 Å². The minimum atomic E-state index is 0. The van der Waals surface area contributed by atoms with E-state index in [1.807, 2.05) is 0 Å². The Morgan fingerprint density at radius 2 is 0.400 bits per heavy atom. The van der Waals surface area contributed by atoms with Crippen molar-refractivity contribution in [1.29, 1.82) is 0 Å². The van der Waals surface area contributed by atoms with Crippen molar-refractivity contribution in [1.82, 2.24) is 0 Å². The number of hydrogen-bond donors (Lipinski definition) is 0. The van der Waals surface area contributed by atoms with Crippen molar-refractivity contribution in [2.24, 2.45) is 0 Å². The second-order valence-electron chi connectivity index (χ2n) is 0. The molecular formula is HAlCl8Zr. The first-order valence-corrected chi connectivity index (χ1v) is 0. The van der Waals surface area contributed by atoms with Crippen LogP contribution in [0.4, 0.5) is 0 Å². The quantitative estimate of drug-likeness (QED) is 0.353. The molecule has 0 rings (SSSR count). The summed E-state index contributed by atoms with van der Waals surface area (Å²) in [5.41, 5.74) is 0. The maximum Gasteiger partial charge on any atom is 4.00 e. The predicted molar refractivity (Wildman–Crippen MR) is 13.0 cm³/mol. The van der Waals surface area contributed by atoms with E-state index in [2.05, 4.69) is 0 Å². The van der Waals surface area contributed by atoms with Crippen LogP contribution in [0.3, 0.4) is 0 Å². The average molecular weight is 403 g/mol. The summed E-state index contributed by atoms with van der Waals surface area (Å²) in [4.78, 5) is 0. The van der Waals surface area contributed by atoms with Crippen LogP contribution in [-0.2, 0) is 26.2 Å². The van der Waals surface area contributed by atoms with Crippen LogP contribution in [0.2, 0.25) is 0 Å². The van der Waals surface area contributed by atoms with E-state index in [0.29, 0.717) is 0 Å². The largest absolute Gasteiger partial charge is 4.00 e. The van der Waals surface area contributed by atoms with E-state index in [1.54, 1.807) is 0 Å². The van der Waals surface area contributed by atoms with Gasteiger partial charge in [0, 0.05) is 0 Å². The summed E-state index contributed by atoms with van der Waals surface area (Å²) in [6.45, 7) is 0. The molecule has 0 saturated carbocycles. The Morgan fingerprint density at radius 3 is 0.400 bits per heavy atom. The van der Waals surface area contributed by atoms with Crippen molar-refractivity contribution in [3.63, 3.8) is 0 Å². The molecule has 0 aromatic carbocycles. The van der Waals surface area contributed by atoms with E-state index in [4.69, 9.17) is 0 Å². The molecule has 0 unspecified atom stereocenters. The summed E-state index contributed by atoms with van der Waals surface area (Å²) in [6, 6.07) is 0. The Hall–Kier alpha value is 3.74. The van der Waals surface area contributed by atoms with E-state index >= 15 is 0 Å². The minimum absolute atomic E-state index is 0. The van der Waals surface area contributed by atoms with Gasteiger partial charge in [-0.05, 0) is 0 Å². The Morgan fingerprint density at radius 1 is 0.400 bits per heavy atom. The monoisotopic (exact) mass is 398 g/mol. The first kappa shape index (κ1) is 160. The third kappa shape index (κ3) is 96.9. The van der Waals surface area contributed by atoms with E-state index in [-0.39, 0.29) is 143 Å². The van der Waals surface area contributed by atoms with Crippen molar-refractivity contribution in [3.05, 3.63) is 0 Å². The van der Waals surface area contributed by atoms with Crippen molar-refractivity contribution < 1.29 is 113 Å². The summed E-state index contributed by atoms with van der Waals surface area (Å²) in [6.07, 6.45) is 0. The van der Waals surface area contributed by atoms with Crippen LogP contribution in [0, 0.1) is 0 Å². The summed E-state index contributed by atoms with van der Waals surface area (Å²) >= 11 is 0. The van der Waals surface area contributed by atoms with Gasteiger partial charge in [-0.2, -0.15) is 0 Å². The third-order valence-electron chi connectivity index (χ3n) is 0. The van der Waals surface area contributed by atoms with Gasteiger partial charge in [0.05, 0.1) is 0 Å². The predicted octanol–water partition coefficient (Wildman–Crippen LogP) is -20.9. The molecule has 0 aromatic rings. The van der Waals surface area contributed by atoms with E-state index in [0.717, 1.165) is 0 Å². The van der Waals surface area contributed by atoms with Gasteiger partial charge in [0.15, 0.2) is 0 Å². The fraction of sp³-hybridized carbons (Fsp3) is 0. The van der Waals surface area contributed by atoms with Crippen molar-refractivity contribution in [2.45, 2.75) is 0 Å². The fourth-order valence-electron chi connectivity index (χ4n) is 0. The molecule has 64 valence electrons. The van der Waals surface area contributed by atoms with Gasteiger partial charge in [-0.15, -0.1) is 12.4 Å². The number of rotatable bonds is 0. The van der Waals surface area contributed by atoms with Gasteiger partial charge in [-0.1, -0.05) is 0 Å². The zero-order valence-electron chi connectivity index (χ0n) is 4.13. The fourth-order valence-corrected chi connectivity index (χ4v) is 0. The van der Waals surface area contributed by atoms with Gasteiger partial charge >= 0.3 is 43.6 Å². The van der Waals surface area contributed by atoms with Crippen molar-refractivity contribution in [2.75, 3.05) is 0 Å². The zero-order chi connectivity index (χ0) is 0. The summed E-state index contributed by atoms with van der Waals surface area (Å²) in [5.74, 6) is 0. The Bertz CT molecular complexity index is 9.22. The summed E-state index contributed by atoms with van der Waals surface area (Å²) in [7, 11) is 0. The van der Waals surface area contributed by atoms with Crippen LogP contribution in [0.25, 0.3) is 0 Å². The zero-order valence-corrected chi connectivity index (χ0v) is 13.9. The maximum atomic E-state index is 0. The summed E-state index contributed by atoms with van der Waals surface area (Å²) in [5, 5.41) is 0. The molecule has 0 aliphatic rings. The molecule has 0 heterocycles. The van der Waals surface area contributed by atoms with E-state index in [1.165, 1.54) is 0 Å². The van der Waals surface area contributed by atoms with E-state index < -0.39 is 0 Å². The molecule has 0 atom stereocenters. The third-order valence-corrected chi connectivity index (χ3v) is 0. The second kappa shape index (κ2) is 126. The number of hydrogen-bond acceptors (Lipinski definition) is 0. The summed E-state index contributed by atoms with van der Waals surface area (Å²) < 4.78 is 0. The molecular weight excluding hydrogens is 402 g/mol. The van der Waals surface area contributed by atoms with Gasteiger partial charge in [0.2, 0.25) is 0 Å². The first-order valence-electron chi connectivity index (χ1n) is 0. The molecule has 0 bridgehead atoms. The van der Waals surface area contributed by atoms with Gasteiger partial charge in [0.1, 0.15) is 0 Å². The maximum absolute atomic E-state index is 0. The molecule has 10 heavy (non-hydrogen) atoms. The van der Waals surface area contributed by atoms with E-state index in [9.17, 15) is 0 Å². The molecule has 0 amide bonds. The van der Waals surface area contributed by atoms with Gasteiger partial charge < -0.3 is 86.8 Å². The van der Waals surface area contributed by atoms with Crippen LogP contribution in [0.15, 0.2) is 0 Å². The normalized spacial score (nSPS) is 0. The molecule has 0 saturated heterocycles. The topological polar surface area (TPSA) is 0 Å². The van der Waals surface area contributed by atoms with Crippen LogP contribution < -0.4 is 86.8 Å². The first-order chi connectivity index (χ1) is 0. The number of halogens is 8. The van der Waals surface area contributed by atoms with Crippen LogP contribution in [0.5, 0.6) is 0 Å². The Kier molecular flexibility index (Phi) is 2010. The molecule has 0 aliphatic heterocycles. The van der Waals surface area contributed by atoms with Crippen LogP contribution in [0.1, 0.15) is 0 Å². The average Bonchev–Trinajstić information content (AvgIpc) is 0. The smallest absolute Gasteiger partial charge is 1.00 e. The second-order valence-corrected chi connectivity index (χ2v) is 0. The van der Waals surface area contributed by atoms with Gasteiger partial charge in [0.25, 0.3) is 0 Å². The standard InChI is InChI=1S/Al.8ClH.Zr/h;8*1H;/q+3;;;;;;;;;+4/p-7. The molecule has 0 radical (unpaired) electrons. The molecule has 0 aromatic heterocycles. The van der Waals surface area contributed by atoms with Gasteiger partial charge in [-0.3, -0.25) is 0 Å². The van der Waals surface area contributed by atoms with Gasteiger partial charge in [-0.25, -0.2) is 0 Å². The van der Waals surface area contributed by atoms with Crippen molar-refractivity contribution >= 4 is 29.8 Å². The Labute approximate surface area is 141 Å². The molecule has 0 aliphatic carbocycles. The molecule has 10 heteroatoms. The SMILES string of the molecule is Cl.[Al+3].[Cl-].[Cl-].[Cl-].[Cl-].[Cl-].[Cl-].[Cl-].[Zr+4]. The molecule has 0 nitrogen and oxygen atoms in total.